The van der Waals surface area contributed by atoms with E-state index in [4.69, 9.17) is 13.7 Å². The van der Waals surface area contributed by atoms with Gasteiger partial charge in [-0.2, -0.15) is 0 Å². The van der Waals surface area contributed by atoms with Crippen molar-refractivity contribution in [3.63, 3.8) is 0 Å². The zero-order valence-electron chi connectivity index (χ0n) is 21.3. The number of furan rings is 1. The van der Waals surface area contributed by atoms with Crippen LogP contribution in [0.3, 0.4) is 0 Å². The Hall–Kier alpha value is -3.54. The van der Waals surface area contributed by atoms with Gasteiger partial charge in [0.05, 0.1) is 27.6 Å². The lowest BCUT2D eigenvalue weighted by atomic mass is 9.77. The van der Waals surface area contributed by atoms with Crippen LogP contribution in [0.2, 0.25) is 0 Å². The van der Waals surface area contributed by atoms with E-state index in [1.54, 1.807) is 0 Å². The Morgan fingerprint density at radius 2 is 1.42 bits per heavy atom. The van der Waals surface area contributed by atoms with E-state index in [9.17, 15) is 0 Å². The highest BCUT2D eigenvalue weighted by molar-refractivity contribution is 6.66. The Morgan fingerprint density at radius 3 is 2.17 bits per heavy atom. The van der Waals surface area contributed by atoms with Crippen molar-refractivity contribution >= 4 is 56.3 Å². The first kappa shape index (κ1) is 21.7. The third kappa shape index (κ3) is 2.90. The maximum Gasteiger partial charge on any atom is 0.498 e. The van der Waals surface area contributed by atoms with Crippen LogP contribution in [-0.4, -0.2) is 22.9 Å². The summed E-state index contributed by atoms with van der Waals surface area (Å²) < 4.78 is 22.0. The topological polar surface area (TPSA) is 36.5 Å². The zero-order chi connectivity index (χ0) is 24.8. The SMILES string of the molecule is Cc1ccc2c3cc(B4OC(C)(C)C(C)(C)O4)c4oc5ccccc5c4c3n(-c3ccccc3)c2c1. The molecule has 1 fully saturated rings. The zero-order valence-corrected chi connectivity index (χ0v) is 21.3. The van der Waals surface area contributed by atoms with Gasteiger partial charge in [0.1, 0.15) is 11.2 Å². The summed E-state index contributed by atoms with van der Waals surface area (Å²) in [4.78, 5) is 0. The molecule has 0 N–H and O–H groups in total. The molecule has 1 aliphatic rings. The number of hydrogen-bond acceptors (Lipinski definition) is 3. The third-order valence-electron chi connectivity index (χ3n) is 8.08. The van der Waals surface area contributed by atoms with Gasteiger partial charge in [0, 0.05) is 27.3 Å². The standard InChI is InChI=1S/C31H28BNO3/c1-19-15-16-21-23-18-24(32-35-30(2,3)31(4,5)36-32)29-27(22-13-9-10-14-26(22)34-29)28(23)33(25(21)17-19)20-11-7-6-8-12-20/h6-18H,1-5H3. The van der Waals surface area contributed by atoms with Crippen molar-refractivity contribution in [3.05, 3.63) is 84.4 Å². The number of aryl methyl sites for hydroxylation is 1. The molecular formula is C31H28BNO3. The van der Waals surface area contributed by atoms with Crippen molar-refractivity contribution in [1.82, 2.24) is 4.57 Å². The fraction of sp³-hybridized carbons (Fsp3) is 0.226. The highest BCUT2D eigenvalue weighted by atomic mass is 16.7. The molecule has 1 saturated heterocycles. The molecule has 6 aromatic rings. The Kier molecular flexibility index (Phi) is 4.38. The molecule has 1 aliphatic heterocycles. The van der Waals surface area contributed by atoms with Crippen LogP contribution < -0.4 is 5.46 Å². The molecule has 4 nitrogen and oxygen atoms in total. The first-order valence-electron chi connectivity index (χ1n) is 12.6. The predicted molar refractivity (Wildman–Crippen MR) is 149 cm³/mol. The average molecular weight is 473 g/mol. The van der Waals surface area contributed by atoms with E-state index in [0.29, 0.717) is 0 Å². The molecule has 3 heterocycles. The summed E-state index contributed by atoms with van der Waals surface area (Å²) in [5, 5.41) is 4.54. The number of para-hydroxylation sites is 2. The molecule has 2 aromatic heterocycles. The lowest BCUT2D eigenvalue weighted by Gasteiger charge is -2.32. The molecule has 0 amide bonds. The monoisotopic (exact) mass is 473 g/mol. The van der Waals surface area contributed by atoms with Gasteiger partial charge < -0.3 is 18.3 Å². The van der Waals surface area contributed by atoms with Gasteiger partial charge in [0.25, 0.3) is 0 Å². The summed E-state index contributed by atoms with van der Waals surface area (Å²) in [5.41, 5.74) is 6.38. The van der Waals surface area contributed by atoms with Crippen LogP contribution in [0.1, 0.15) is 33.3 Å². The van der Waals surface area contributed by atoms with Gasteiger partial charge >= 0.3 is 7.12 Å². The van der Waals surface area contributed by atoms with Crippen LogP contribution in [0.5, 0.6) is 0 Å². The summed E-state index contributed by atoms with van der Waals surface area (Å²) in [5.74, 6) is 0. The molecule has 0 radical (unpaired) electrons. The highest BCUT2D eigenvalue weighted by Crippen LogP contribution is 2.42. The lowest BCUT2D eigenvalue weighted by molar-refractivity contribution is 0.00578. The predicted octanol–water partition coefficient (Wildman–Crippen LogP) is 7.29. The van der Waals surface area contributed by atoms with Gasteiger partial charge in [0.2, 0.25) is 0 Å². The van der Waals surface area contributed by atoms with Crippen LogP contribution >= 0.6 is 0 Å². The van der Waals surface area contributed by atoms with Gasteiger partial charge in [-0.1, -0.05) is 48.5 Å². The maximum atomic E-state index is 6.58. The molecule has 5 heteroatoms. The number of nitrogens with zero attached hydrogens (tertiary/aromatic N) is 1. The van der Waals surface area contributed by atoms with E-state index in [2.05, 4.69) is 106 Å². The van der Waals surface area contributed by atoms with E-state index >= 15 is 0 Å². The van der Waals surface area contributed by atoms with E-state index < -0.39 is 18.3 Å². The summed E-state index contributed by atoms with van der Waals surface area (Å²) in [6.45, 7) is 10.5. The first-order valence-corrected chi connectivity index (χ1v) is 12.6. The van der Waals surface area contributed by atoms with Crippen LogP contribution in [0, 0.1) is 6.92 Å². The van der Waals surface area contributed by atoms with Gasteiger partial charge in [-0.3, -0.25) is 0 Å². The van der Waals surface area contributed by atoms with Crippen molar-refractivity contribution in [3.8, 4) is 5.69 Å². The van der Waals surface area contributed by atoms with Crippen LogP contribution in [0.25, 0.3) is 49.4 Å². The Morgan fingerprint density at radius 1 is 0.722 bits per heavy atom. The normalized spacial score (nSPS) is 17.2. The Balaban J connectivity index is 1.68. The molecule has 36 heavy (non-hydrogen) atoms. The molecule has 0 bridgehead atoms. The second kappa shape index (κ2) is 7.25. The van der Waals surface area contributed by atoms with Gasteiger partial charge in [-0.15, -0.1) is 0 Å². The average Bonchev–Trinajstić information content (AvgIpc) is 3.45. The van der Waals surface area contributed by atoms with Gasteiger partial charge in [0.15, 0.2) is 0 Å². The summed E-state index contributed by atoms with van der Waals surface area (Å²) in [7, 11) is -0.525. The molecule has 0 spiro atoms. The molecule has 0 aliphatic carbocycles. The molecule has 4 aromatic carbocycles. The van der Waals surface area contributed by atoms with Crippen molar-refractivity contribution in [2.75, 3.05) is 0 Å². The quantitative estimate of drug-likeness (QED) is 0.248. The molecule has 0 atom stereocenters. The fourth-order valence-electron chi connectivity index (χ4n) is 5.51. The summed E-state index contributed by atoms with van der Waals surface area (Å²) in [6, 6.07) is 27.7. The molecule has 7 rings (SSSR count). The van der Waals surface area contributed by atoms with Crippen molar-refractivity contribution < 1.29 is 13.7 Å². The fourth-order valence-corrected chi connectivity index (χ4v) is 5.51. The van der Waals surface area contributed by atoms with E-state index in [0.717, 1.165) is 44.0 Å². The minimum atomic E-state index is -0.525. The lowest BCUT2D eigenvalue weighted by Crippen LogP contribution is -2.41. The van der Waals surface area contributed by atoms with E-state index in [-0.39, 0.29) is 0 Å². The van der Waals surface area contributed by atoms with E-state index in [1.807, 2.05) is 12.1 Å². The highest BCUT2D eigenvalue weighted by Gasteiger charge is 2.52. The number of hydrogen-bond donors (Lipinski definition) is 0. The number of rotatable bonds is 2. The second-order valence-electron chi connectivity index (χ2n) is 10.9. The Labute approximate surface area is 210 Å². The van der Waals surface area contributed by atoms with Crippen LogP contribution in [0.4, 0.5) is 0 Å². The molecule has 0 saturated carbocycles. The number of benzene rings is 4. The minimum absolute atomic E-state index is 0.444. The summed E-state index contributed by atoms with van der Waals surface area (Å²) in [6.07, 6.45) is 0. The second-order valence-corrected chi connectivity index (χ2v) is 10.9. The van der Waals surface area contributed by atoms with E-state index in [1.165, 1.54) is 16.5 Å². The smallest absolute Gasteiger partial charge is 0.456 e. The summed E-state index contributed by atoms with van der Waals surface area (Å²) >= 11 is 0. The van der Waals surface area contributed by atoms with Gasteiger partial charge in [-0.25, -0.2) is 0 Å². The molecule has 178 valence electrons. The van der Waals surface area contributed by atoms with Crippen molar-refractivity contribution in [1.29, 1.82) is 0 Å². The largest absolute Gasteiger partial charge is 0.498 e. The third-order valence-corrected chi connectivity index (χ3v) is 8.08. The van der Waals surface area contributed by atoms with Crippen LogP contribution in [-0.2, 0) is 9.31 Å². The maximum absolute atomic E-state index is 6.58. The number of aromatic nitrogens is 1. The molecular weight excluding hydrogens is 445 g/mol. The Bertz CT molecular complexity index is 1790. The van der Waals surface area contributed by atoms with Crippen molar-refractivity contribution in [2.45, 2.75) is 45.8 Å². The molecule has 0 unspecified atom stereocenters. The van der Waals surface area contributed by atoms with Gasteiger partial charge in [-0.05, 0) is 70.5 Å². The minimum Gasteiger partial charge on any atom is -0.456 e. The number of fused-ring (bicyclic) bond motifs is 7. The first-order chi connectivity index (χ1) is 17.2. The van der Waals surface area contributed by atoms with Crippen LogP contribution in [0.15, 0.2) is 83.3 Å². The van der Waals surface area contributed by atoms with Crippen molar-refractivity contribution in [2.24, 2.45) is 0 Å².